The number of hydrogen-bond donors (Lipinski definition) is 2. The highest BCUT2D eigenvalue weighted by molar-refractivity contribution is 7.89. The summed E-state index contributed by atoms with van der Waals surface area (Å²) in [4.78, 5) is 24.6. The lowest BCUT2D eigenvalue weighted by Gasteiger charge is -2.42. The Balaban J connectivity index is 0.000000695. The zero-order chi connectivity index (χ0) is 40.4. The molecular weight excluding hydrogens is 762 g/mol. The number of carbonyl (C=O) groups is 2. The van der Waals surface area contributed by atoms with Gasteiger partial charge in [-0.15, -0.1) is 0 Å². The quantitative estimate of drug-likeness (QED) is 0.155. The summed E-state index contributed by atoms with van der Waals surface area (Å²) >= 11 is 0. The molecule has 3 N–H and O–H groups in total. The Hall–Kier alpha value is -4.80. The number of aliphatic carboxylic acids is 1. The van der Waals surface area contributed by atoms with Gasteiger partial charge >= 0.3 is 12.1 Å². The van der Waals surface area contributed by atoms with Crippen molar-refractivity contribution in [1.29, 1.82) is 0 Å². The molecule has 1 aliphatic carbocycles. The van der Waals surface area contributed by atoms with E-state index in [1.807, 2.05) is 12.1 Å². The number of ether oxygens (including phenoxy) is 2. The number of rotatable bonds is 10. The molecule has 3 atom stereocenters. The van der Waals surface area contributed by atoms with E-state index < -0.39 is 45.6 Å². The summed E-state index contributed by atoms with van der Waals surface area (Å²) in [5.74, 6) is -6.01. The van der Waals surface area contributed by atoms with Gasteiger partial charge in [0.25, 0.3) is 5.92 Å². The number of carboxylic acid groups (broad SMARTS) is 1. The molecule has 4 aromatic rings. The second-order valence-electron chi connectivity index (χ2n) is 14.3. The van der Waals surface area contributed by atoms with E-state index in [4.69, 9.17) is 25.1 Å². The molecule has 2 aliphatic heterocycles. The Morgan fingerprint density at radius 2 is 1.34 bits per heavy atom. The number of likely N-dealkylation sites (N-methyl/N-ethyl adjacent to an activating group) is 1. The van der Waals surface area contributed by atoms with Crippen LogP contribution in [-0.2, 0) is 25.5 Å². The van der Waals surface area contributed by atoms with Crippen molar-refractivity contribution >= 4 is 32.7 Å². The maximum absolute atomic E-state index is 16.9. The lowest BCUT2D eigenvalue weighted by atomic mass is 9.94. The third-order valence-electron chi connectivity index (χ3n) is 10.5. The van der Waals surface area contributed by atoms with Crippen LogP contribution in [0.25, 0.3) is 10.8 Å². The second-order valence-corrected chi connectivity index (χ2v) is 16.3. The van der Waals surface area contributed by atoms with Gasteiger partial charge in [-0.2, -0.15) is 26.3 Å². The number of carboxylic acids is 1. The number of para-hydroxylation sites is 1. The number of halogens is 5. The summed E-state index contributed by atoms with van der Waals surface area (Å²) in [5, 5.41) is 8.49. The van der Waals surface area contributed by atoms with Gasteiger partial charge in [0.1, 0.15) is 17.2 Å². The first-order chi connectivity index (χ1) is 26.4. The summed E-state index contributed by atoms with van der Waals surface area (Å²) in [5.41, 5.74) is 5.73. The number of fused-ring (bicyclic) bond motifs is 3. The van der Waals surface area contributed by atoms with E-state index in [1.54, 1.807) is 42.5 Å². The molecule has 16 heteroatoms. The Kier molecular flexibility index (Phi) is 11.9. The molecule has 2 bridgehead atoms. The fraction of sp³-hybridized carbons (Fsp3) is 0.400. The van der Waals surface area contributed by atoms with Crippen LogP contribution in [0.5, 0.6) is 17.2 Å². The average Bonchev–Trinajstić information content (AvgIpc) is 3.77. The van der Waals surface area contributed by atoms with Gasteiger partial charge in [0, 0.05) is 30.7 Å². The number of amides is 1. The molecule has 300 valence electrons. The molecule has 7 rings (SSSR count). The minimum atomic E-state index is -5.08. The molecule has 0 radical (unpaired) electrons. The van der Waals surface area contributed by atoms with Gasteiger partial charge in [0.2, 0.25) is 15.9 Å². The predicted octanol–water partition coefficient (Wildman–Crippen LogP) is 7.85. The van der Waals surface area contributed by atoms with Crippen LogP contribution < -0.4 is 15.2 Å². The van der Waals surface area contributed by atoms with Gasteiger partial charge in [-0.1, -0.05) is 30.3 Å². The van der Waals surface area contributed by atoms with E-state index in [-0.39, 0.29) is 29.1 Å². The molecule has 56 heavy (non-hydrogen) atoms. The maximum Gasteiger partial charge on any atom is 0.490 e. The van der Waals surface area contributed by atoms with Gasteiger partial charge in [-0.25, -0.2) is 13.2 Å². The number of piperidine rings is 1. The maximum atomic E-state index is 16.9. The summed E-state index contributed by atoms with van der Waals surface area (Å²) in [6.07, 6.45) is 1.61. The van der Waals surface area contributed by atoms with E-state index in [9.17, 15) is 26.4 Å². The van der Waals surface area contributed by atoms with Crippen molar-refractivity contribution in [3.63, 3.8) is 0 Å². The van der Waals surface area contributed by atoms with Crippen LogP contribution in [0.15, 0.2) is 95.9 Å². The second kappa shape index (κ2) is 16.4. The first kappa shape index (κ1) is 40.9. The lowest BCUT2D eigenvalue weighted by molar-refractivity contribution is -0.192. The smallest absolute Gasteiger partial charge is 0.490 e. The van der Waals surface area contributed by atoms with Crippen LogP contribution in [0.2, 0.25) is 0 Å². The van der Waals surface area contributed by atoms with Gasteiger partial charge in [-0.05, 0) is 123 Å². The molecule has 4 aromatic carbocycles. The Labute approximate surface area is 321 Å². The van der Waals surface area contributed by atoms with Crippen molar-refractivity contribution < 1.29 is 54.5 Å². The number of sulfonamides is 1. The molecule has 10 nitrogen and oxygen atoms in total. The average molecular weight is 804 g/mol. The molecule has 0 spiro atoms. The van der Waals surface area contributed by atoms with Crippen molar-refractivity contribution in [1.82, 2.24) is 9.21 Å². The molecule has 3 aliphatic rings. The largest absolute Gasteiger partial charge is 0.490 e. The molecular formula is C40H42F5N3O7S. The van der Waals surface area contributed by atoms with Gasteiger partial charge in [0.15, 0.2) is 6.04 Å². The summed E-state index contributed by atoms with van der Waals surface area (Å²) in [6, 6.07) is 20.9. The highest BCUT2D eigenvalue weighted by atomic mass is 32.2. The van der Waals surface area contributed by atoms with Crippen LogP contribution in [0, 0.1) is 0 Å². The standard InChI is InChI=1S/C38H41F2N3O5S.C2HF3O2/c1-42(49(45,46)35-20-12-25-21-34(17-11-26(25)22-35)48-32-9-5-6-10-32)36(37(44)43-29-15-16-30(43)24-28(41)23-29)38(39,40)27-13-18-33(19-14-27)47-31-7-3-2-4-8-31;3-2(4,5)1(6)7/h2-4,7-8,11-14,17-22,28-30,32,36H,5-6,9-10,15-16,23-24,41H2,1H3;(H,6,7)/t28?,29?,30?,36-;/m1./s1. The van der Waals surface area contributed by atoms with E-state index in [0.29, 0.717) is 52.6 Å². The number of benzene rings is 4. The van der Waals surface area contributed by atoms with Crippen LogP contribution in [0.4, 0.5) is 22.0 Å². The minimum Gasteiger partial charge on any atom is -0.490 e. The number of carbonyl (C=O) groups excluding carboxylic acids is 1. The molecule has 2 saturated heterocycles. The Morgan fingerprint density at radius 3 is 1.93 bits per heavy atom. The van der Waals surface area contributed by atoms with Crippen LogP contribution >= 0.6 is 0 Å². The van der Waals surface area contributed by atoms with Gasteiger partial charge in [-0.3, -0.25) is 4.79 Å². The van der Waals surface area contributed by atoms with Crippen LogP contribution in [-0.4, -0.2) is 78.1 Å². The lowest BCUT2D eigenvalue weighted by Crippen LogP contribution is -2.61. The molecule has 1 saturated carbocycles. The minimum absolute atomic E-state index is 0.138. The highest BCUT2D eigenvalue weighted by Gasteiger charge is 2.56. The van der Waals surface area contributed by atoms with Crippen molar-refractivity contribution in [2.45, 2.75) is 98.6 Å². The first-order valence-electron chi connectivity index (χ1n) is 18.2. The summed E-state index contributed by atoms with van der Waals surface area (Å²) < 4.78 is 106. The third-order valence-corrected chi connectivity index (χ3v) is 12.3. The van der Waals surface area contributed by atoms with Crippen molar-refractivity contribution in [2.24, 2.45) is 5.73 Å². The SMILES string of the molecule is CN([C@H](C(=O)N1C2CCC1CC(N)C2)C(F)(F)c1ccc(Oc2ccccc2)cc1)S(=O)(=O)c1ccc2cc(OC3CCCC3)ccc2c1.O=C(O)C(F)(F)F. The zero-order valence-electron chi connectivity index (χ0n) is 30.4. The molecule has 2 heterocycles. The number of alkyl halides is 5. The number of hydrogen-bond acceptors (Lipinski definition) is 7. The predicted molar refractivity (Wildman–Crippen MR) is 197 cm³/mol. The monoisotopic (exact) mass is 803 g/mol. The summed E-state index contributed by atoms with van der Waals surface area (Å²) in [7, 11) is -3.51. The van der Waals surface area contributed by atoms with Crippen molar-refractivity contribution in [3.05, 3.63) is 96.6 Å². The topological polar surface area (TPSA) is 139 Å². The molecule has 1 amide bonds. The van der Waals surface area contributed by atoms with Crippen LogP contribution in [0.1, 0.15) is 56.9 Å². The Bertz CT molecular complexity index is 2120. The number of nitrogens with two attached hydrogens (primary N) is 1. The first-order valence-corrected chi connectivity index (χ1v) is 19.7. The van der Waals surface area contributed by atoms with E-state index in [0.717, 1.165) is 38.1 Å². The van der Waals surface area contributed by atoms with Gasteiger partial charge in [0.05, 0.1) is 11.0 Å². The summed E-state index contributed by atoms with van der Waals surface area (Å²) in [6.45, 7) is 0. The fourth-order valence-corrected chi connectivity index (χ4v) is 9.07. The normalized spacial score (nSPS) is 20.7. The van der Waals surface area contributed by atoms with Crippen molar-refractivity contribution in [2.75, 3.05) is 7.05 Å². The third kappa shape index (κ3) is 8.92. The molecule has 3 fully saturated rings. The number of nitrogens with zero attached hydrogens (tertiary/aromatic N) is 2. The fourth-order valence-electron chi connectivity index (χ4n) is 7.73. The molecule has 0 aromatic heterocycles. The van der Waals surface area contributed by atoms with Crippen LogP contribution in [0.3, 0.4) is 0 Å². The molecule has 2 unspecified atom stereocenters. The zero-order valence-corrected chi connectivity index (χ0v) is 31.2. The Morgan fingerprint density at radius 1 is 0.804 bits per heavy atom. The van der Waals surface area contributed by atoms with Crippen molar-refractivity contribution in [3.8, 4) is 17.2 Å². The highest BCUT2D eigenvalue weighted by Crippen LogP contribution is 2.43. The van der Waals surface area contributed by atoms with E-state index >= 15 is 8.78 Å². The van der Waals surface area contributed by atoms with E-state index in [2.05, 4.69) is 0 Å². The van der Waals surface area contributed by atoms with Gasteiger partial charge < -0.3 is 25.2 Å². The van der Waals surface area contributed by atoms with E-state index in [1.165, 1.54) is 41.3 Å².